The van der Waals surface area contributed by atoms with Crippen molar-refractivity contribution in [3.05, 3.63) is 30.1 Å². The predicted octanol–water partition coefficient (Wildman–Crippen LogP) is 2.71. The summed E-state index contributed by atoms with van der Waals surface area (Å²) in [5.74, 6) is 0.471. The Morgan fingerprint density at radius 1 is 1.38 bits per heavy atom. The van der Waals surface area contributed by atoms with Gasteiger partial charge in [-0.15, -0.1) is 0 Å². The first kappa shape index (κ1) is 9.33. The second kappa shape index (κ2) is 3.30. The van der Waals surface area contributed by atoms with Crippen molar-refractivity contribution in [3.8, 4) is 0 Å². The van der Waals surface area contributed by atoms with E-state index < -0.39 is 0 Å². The van der Waals surface area contributed by atoms with Gasteiger partial charge in [0.05, 0.1) is 11.4 Å². The van der Waals surface area contributed by atoms with Crippen molar-refractivity contribution >= 4 is 28.4 Å². The van der Waals surface area contributed by atoms with Crippen LogP contribution in [0.3, 0.4) is 0 Å². The van der Waals surface area contributed by atoms with Crippen molar-refractivity contribution in [2.45, 2.75) is 13.3 Å². The zero-order valence-corrected chi connectivity index (χ0v) is 9.14. The van der Waals surface area contributed by atoms with Crippen LogP contribution in [0.1, 0.15) is 12.6 Å². The Bertz CT molecular complexity index is 587. The Labute approximate surface area is 94.0 Å². The van der Waals surface area contributed by atoms with Gasteiger partial charge in [-0.05, 0) is 24.5 Å². The number of hydrogen-bond donors (Lipinski definition) is 1. The lowest BCUT2D eigenvalue weighted by Gasteiger charge is -2.15. The van der Waals surface area contributed by atoms with Crippen LogP contribution in [0.2, 0.25) is 0 Å². The number of anilines is 1. The van der Waals surface area contributed by atoms with E-state index in [1.165, 1.54) is 0 Å². The van der Waals surface area contributed by atoms with Gasteiger partial charge in [0.2, 0.25) is 0 Å². The van der Waals surface area contributed by atoms with Crippen LogP contribution in [0.25, 0.3) is 10.8 Å². The fraction of sp³-hybridized carbons (Fsp3) is 0.231. The van der Waals surface area contributed by atoms with Crippen LogP contribution in [-0.2, 0) is 6.42 Å². The molecule has 0 spiro atoms. The molecule has 0 saturated carbocycles. The first-order valence-corrected chi connectivity index (χ1v) is 5.45. The molecule has 16 heavy (non-hydrogen) atoms. The second-order valence-electron chi connectivity index (χ2n) is 4.36. The molecule has 1 aliphatic rings. The molecule has 1 aromatic heterocycles. The maximum absolute atomic E-state index is 5.81. The quantitative estimate of drug-likeness (QED) is 0.681. The van der Waals surface area contributed by atoms with Gasteiger partial charge in [-0.3, -0.25) is 9.98 Å². The SMILES string of the molecule is CC1C=Nc2c(ncc3ccc(N)cc23)C1. The van der Waals surface area contributed by atoms with Gasteiger partial charge in [0.15, 0.2) is 0 Å². The summed E-state index contributed by atoms with van der Waals surface area (Å²) in [6.07, 6.45) is 4.86. The third-order valence-electron chi connectivity index (χ3n) is 2.94. The number of nitrogens with two attached hydrogens (primary N) is 1. The third kappa shape index (κ3) is 1.36. The van der Waals surface area contributed by atoms with E-state index in [0.29, 0.717) is 5.92 Å². The second-order valence-corrected chi connectivity index (χ2v) is 4.36. The van der Waals surface area contributed by atoms with Gasteiger partial charge >= 0.3 is 0 Å². The van der Waals surface area contributed by atoms with E-state index in [1.54, 1.807) is 0 Å². The van der Waals surface area contributed by atoms with Gasteiger partial charge in [-0.2, -0.15) is 0 Å². The Morgan fingerprint density at radius 2 is 2.25 bits per heavy atom. The van der Waals surface area contributed by atoms with Gasteiger partial charge in [-0.25, -0.2) is 0 Å². The summed E-state index contributed by atoms with van der Waals surface area (Å²) in [5, 5.41) is 2.20. The highest BCUT2D eigenvalue weighted by Crippen LogP contribution is 2.33. The molecule has 3 rings (SSSR count). The Morgan fingerprint density at radius 3 is 3.12 bits per heavy atom. The lowest BCUT2D eigenvalue weighted by molar-refractivity contribution is 0.751. The van der Waals surface area contributed by atoms with Gasteiger partial charge in [0.25, 0.3) is 0 Å². The topological polar surface area (TPSA) is 51.3 Å². The van der Waals surface area contributed by atoms with E-state index in [-0.39, 0.29) is 0 Å². The normalized spacial score (nSPS) is 18.7. The molecule has 0 radical (unpaired) electrons. The summed E-state index contributed by atoms with van der Waals surface area (Å²) in [6, 6.07) is 5.86. The smallest absolute Gasteiger partial charge is 0.0920 e. The van der Waals surface area contributed by atoms with Crippen LogP contribution in [0.4, 0.5) is 11.4 Å². The fourth-order valence-electron chi connectivity index (χ4n) is 2.11. The number of aromatic nitrogens is 1. The number of fused-ring (bicyclic) bond motifs is 3. The number of benzene rings is 1. The molecule has 2 heterocycles. The number of pyridine rings is 1. The van der Waals surface area contributed by atoms with E-state index in [1.807, 2.05) is 30.6 Å². The van der Waals surface area contributed by atoms with E-state index in [0.717, 1.165) is 34.3 Å². The number of rotatable bonds is 0. The molecule has 0 saturated heterocycles. The largest absolute Gasteiger partial charge is 0.399 e. The van der Waals surface area contributed by atoms with Crippen LogP contribution >= 0.6 is 0 Å². The third-order valence-corrected chi connectivity index (χ3v) is 2.94. The van der Waals surface area contributed by atoms with Crippen LogP contribution < -0.4 is 5.73 Å². The van der Waals surface area contributed by atoms with Crippen LogP contribution in [0.5, 0.6) is 0 Å². The summed E-state index contributed by atoms with van der Waals surface area (Å²) in [7, 11) is 0. The minimum atomic E-state index is 0.471. The maximum Gasteiger partial charge on any atom is 0.0920 e. The minimum Gasteiger partial charge on any atom is -0.399 e. The van der Waals surface area contributed by atoms with Gasteiger partial charge in [0, 0.05) is 28.9 Å². The number of aliphatic imine (C=N–C) groups is 1. The lowest BCUT2D eigenvalue weighted by Crippen LogP contribution is -2.07. The van der Waals surface area contributed by atoms with Crippen molar-refractivity contribution in [2.24, 2.45) is 10.9 Å². The highest BCUT2D eigenvalue weighted by molar-refractivity contribution is 5.96. The fourth-order valence-corrected chi connectivity index (χ4v) is 2.11. The first-order valence-electron chi connectivity index (χ1n) is 5.45. The number of nitrogen functional groups attached to an aromatic ring is 1. The molecular weight excluding hydrogens is 198 g/mol. The minimum absolute atomic E-state index is 0.471. The molecule has 1 atom stereocenters. The van der Waals surface area contributed by atoms with E-state index in [4.69, 9.17) is 5.73 Å². The Balaban J connectivity index is 2.33. The molecule has 80 valence electrons. The molecule has 0 aliphatic carbocycles. The molecule has 0 bridgehead atoms. The number of hydrogen-bond acceptors (Lipinski definition) is 3. The molecule has 1 aliphatic heterocycles. The Kier molecular flexibility index (Phi) is 1.93. The molecule has 2 N–H and O–H groups in total. The molecule has 3 heteroatoms. The summed E-state index contributed by atoms with van der Waals surface area (Å²) in [4.78, 5) is 8.97. The maximum atomic E-state index is 5.81. The summed E-state index contributed by atoms with van der Waals surface area (Å²) in [6.45, 7) is 2.15. The van der Waals surface area contributed by atoms with Gasteiger partial charge in [0.1, 0.15) is 0 Å². The zero-order valence-electron chi connectivity index (χ0n) is 9.14. The Hall–Kier alpha value is -1.90. The van der Waals surface area contributed by atoms with Crippen LogP contribution in [0, 0.1) is 5.92 Å². The van der Waals surface area contributed by atoms with Crippen molar-refractivity contribution in [1.82, 2.24) is 4.98 Å². The molecule has 2 aromatic rings. The summed E-state index contributed by atoms with van der Waals surface area (Å²) in [5.41, 5.74) is 8.65. The van der Waals surface area contributed by atoms with Crippen molar-refractivity contribution in [2.75, 3.05) is 5.73 Å². The standard InChI is InChI=1S/C13H13N3/c1-8-4-12-13(16-6-8)11-5-10(14)3-2-9(11)7-15-12/h2-3,5-8H,4,14H2,1H3. The van der Waals surface area contributed by atoms with Gasteiger partial charge in [-0.1, -0.05) is 13.0 Å². The summed E-state index contributed by atoms with van der Waals surface area (Å²) < 4.78 is 0. The van der Waals surface area contributed by atoms with Crippen molar-refractivity contribution in [1.29, 1.82) is 0 Å². The monoisotopic (exact) mass is 211 g/mol. The van der Waals surface area contributed by atoms with Crippen LogP contribution in [0.15, 0.2) is 29.4 Å². The number of nitrogens with zero attached hydrogens (tertiary/aromatic N) is 2. The van der Waals surface area contributed by atoms with Crippen LogP contribution in [-0.4, -0.2) is 11.2 Å². The highest BCUT2D eigenvalue weighted by atomic mass is 14.8. The predicted molar refractivity (Wildman–Crippen MR) is 67.2 cm³/mol. The lowest BCUT2D eigenvalue weighted by atomic mass is 9.99. The average Bonchev–Trinajstić information content (AvgIpc) is 2.28. The summed E-state index contributed by atoms with van der Waals surface area (Å²) >= 11 is 0. The molecule has 0 fully saturated rings. The highest BCUT2D eigenvalue weighted by Gasteiger charge is 2.15. The zero-order chi connectivity index (χ0) is 11.1. The first-order chi connectivity index (χ1) is 7.74. The molecule has 3 nitrogen and oxygen atoms in total. The molecule has 1 unspecified atom stereocenters. The molecule has 0 amide bonds. The van der Waals surface area contributed by atoms with E-state index in [9.17, 15) is 0 Å². The van der Waals surface area contributed by atoms with Gasteiger partial charge < -0.3 is 5.73 Å². The molecule has 1 aromatic carbocycles. The van der Waals surface area contributed by atoms with Crippen molar-refractivity contribution < 1.29 is 0 Å². The average molecular weight is 211 g/mol. The molecular formula is C13H13N3. The van der Waals surface area contributed by atoms with Crippen molar-refractivity contribution in [3.63, 3.8) is 0 Å². The van der Waals surface area contributed by atoms with E-state index in [2.05, 4.69) is 16.9 Å². The van der Waals surface area contributed by atoms with E-state index >= 15 is 0 Å².